The van der Waals surface area contributed by atoms with Gasteiger partial charge in [0, 0.05) is 17.5 Å². The molecule has 4 aliphatic carbocycles. The van der Waals surface area contributed by atoms with Crippen LogP contribution in [0.3, 0.4) is 0 Å². The maximum atomic E-state index is 14.5. The summed E-state index contributed by atoms with van der Waals surface area (Å²) < 4.78 is 0. The Kier molecular flexibility index (Phi) is 8.38. The van der Waals surface area contributed by atoms with Crippen LogP contribution in [-0.2, 0) is 27.2 Å². The molecule has 0 aromatic heterocycles. The quantitative estimate of drug-likeness (QED) is 0.106. The normalized spacial score (nSPS) is 27.0. The molecule has 15 heteroatoms. The molecule has 0 bridgehead atoms. The Morgan fingerprint density at radius 1 is 0.644 bits per heavy atom. The summed E-state index contributed by atoms with van der Waals surface area (Å²) in [7, 11) is 0. The molecule has 6 atom stereocenters. The molecule has 0 saturated heterocycles. The van der Waals surface area contributed by atoms with Crippen LogP contribution in [0.1, 0.15) is 67.9 Å². The maximum Gasteiger partial charge on any atom is 0.206 e. The fourth-order valence-electron chi connectivity index (χ4n) is 9.88. The Morgan fingerprint density at radius 3 is 1.53 bits per heavy atom. The van der Waals surface area contributed by atoms with Gasteiger partial charge in [0.05, 0.1) is 33.5 Å². The van der Waals surface area contributed by atoms with Gasteiger partial charge in [0.1, 0.15) is 46.1 Å². The minimum absolute atomic E-state index is 0.0674. The molecule has 0 aliphatic heterocycles. The van der Waals surface area contributed by atoms with Gasteiger partial charge in [0.25, 0.3) is 0 Å². The van der Waals surface area contributed by atoms with Gasteiger partial charge in [-0.25, -0.2) is 0 Å². The number of aryl methyl sites for hydroxylation is 4. The fourth-order valence-corrected chi connectivity index (χ4v) is 9.88. The van der Waals surface area contributed by atoms with Crippen LogP contribution >= 0.6 is 0 Å². The smallest absolute Gasteiger partial charge is 0.206 e. The van der Waals surface area contributed by atoms with Gasteiger partial charge >= 0.3 is 0 Å². The molecule has 10 N–H and O–H groups in total. The Hall–Kier alpha value is -6.42. The van der Waals surface area contributed by atoms with Crippen molar-refractivity contribution in [2.75, 3.05) is 0 Å². The molecule has 304 valence electrons. The zero-order valence-electron chi connectivity index (χ0n) is 32.7. The van der Waals surface area contributed by atoms with Crippen LogP contribution in [0.25, 0.3) is 21.5 Å². The predicted molar refractivity (Wildman–Crippen MR) is 211 cm³/mol. The minimum Gasteiger partial charge on any atom is -0.508 e. The lowest BCUT2D eigenvalue weighted by Gasteiger charge is -2.46. The molecule has 2 unspecified atom stereocenters. The first-order valence-corrected chi connectivity index (χ1v) is 18.8. The molecule has 0 fully saturated rings. The van der Waals surface area contributed by atoms with Crippen molar-refractivity contribution in [1.82, 2.24) is 0 Å². The number of aromatic hydroxyl groups is 4. The number of aliphatic hydroxyl groups is 4. The Bertz CT molecular complexity index is 2870. The lowest BCUT2D eigenvalue weighted by Crippen LogP contribution is -2.64. The van der Waals surface area contributed by atoms with Gasteiger partial charge in [-0.1, -0.05) is 24.3 Å². The van der Waals surface area contributed by atoms with Crippen LogP contribution in [0, 0.1) is 39.5 Å². The highest BCUT2D eigenvalue weighted by atomic mass is 16.4. The molecular formula is C44H40N2O13. The van der Waals surface area contributed by atoms with Crippen LogP contribution in [0.15, 0.2) is 51.9 Å². The van der Waals surface area contributed by atoms with E-state index in [9.17, 15) is 64.8 Å². The summed E-state index contributed by atoms with van der Waals surface area (Å²) >= 11 is 0. The molecule has 4 aromatic carbocycles. The molecule has 0 amide bonds. The Balaban J connectivity index is 1.32. The van der Waals surface area contributed by atoms with Crippen LogP contribution in [0.2, 0.25) is 0 Å². The summed E-state index contributed by atoms with van der Waals surface area (Å²) in [5, 5.41) is 93.2. The molecule has 0 spiro atoms. The van der Waals surface area contributed by atoms with E-state index in [2.05, 4.69) is 4.99 Å². The highest BCUT2D eigenvalue weighted by molar-refractivity contribution is 6.29. The average Bonchev–Trinajstić information content (AvgIpc) is 3.17. The minimum atomic E-state index is -3.06. The monoisotopic (exact) mass is 804 g/mol. The van der Waals surface area contributed by atoms with Gasteiger partial charge in [0.2, 0.25) is 11.6 Å². The molecule has 0 heterocycles. The SMILES string of the molecule is CC(=O)C1=C(O)[C@@]2(O)C(=O)c3c(c(C)c4ccc(C)c(O)c4c3O)C[C@H]2C(N=C(C)C2=C(O)[C@@]3(O)C(=O)c4c(c(C)c5ccc(C)c(O)c5c4O)C[C@H]3C(N)C2=O)C1=O. The van der Waals surface area contributed by atoms with Crippen molar-refractivity contribution in [2.45, 2.75) is 77.7 Å². The van der Waals surface area contributed by atoms with E-state index < -0.39 is 121 Å². The summed E-state index contributed by atoms with van der Waals surface area (Å²) in [4.78, 5) is 74.6. The molecule has 0 saturated carbocycles. The number of carbonyl (C=O) groups excluding carboxylic acids is 5. The zero-order chi connectivity index (χ0) is 43.3. The standard InChI is InChI=1S/C44H40N2O13/c1-13-7-9-19-15(3)21-11-23-31(45)37(52)25(39(54)43(23,58)41(56)29(21)35(50)27(19)33(13)48)17(5)46-32-24-12-22-16(4)20-10-8-14(2)34(49)28(20)36(51)30(22)42(57)44(24,59)40(55)26(18(6)47)38(32)53/h7-10,23-24,31-32,48-51,54-55,58-59H,11-12,45H2,1-6H3/t23-,24-,31?,32?,43+,44+/m0/s1. The number of carbonyl (C=O) groups is 5. The third kappa shape index (κ3) is 4.74. The second kappa shape index (κ2) is 12.5. The maximum absolute atomic E-state index is 14.5. The predicted octanol–water partition coefficient (Wildman–Crippen LogP) is 3.46. The van der Waals surface area contributed by atoms with E-state index in [1.807, 2.05) is 0 Å². The van der Waals surface area contributed by atoms with Crippen molar-refractivity contribution in [3.8, 4) is 23.0 Å². The summed E-state index contributed by atoms with van der Waals surface area (Å²) in [6, 6.07) is 2.84. The molecular weight excluding hydrogens is 764 g/mol. The third-order valence-electron chi connectivity index (χ3n) is 13.2. The van der Waals surface area contributed by atoms with Gasteiger partial charge < -0.3 is 46.6 Å². The van der Waals surface area contributed by atoms with Crippen molar-refractivity contribution in [3.05, 3.63) is 91.4 Å². The lowest BCUT2D eigenvalue weighted by molar-refractivity contribution is -0.127. The molecule has 0 radical (unpaired) electrons. The number of fused-ring (bicyclic) bond motifs is 6. The number of aliphatic imine (C=N–C) groups is 1. The van der Waals surface area contributed by atoms with E-state index in [-0.39, 0.29) is 39.8 Å². The van der Waals surface area contributed by atoms with Gasteiger partial charge in [0.15, 0.2) is 28.6 Å². The van der Waals surface area contributed by atoms with Gasteiger partial charge in [-0.3, -0.25) is 29.0 Å². The molecule has 59 heavy (non-hydrogen) atoms. The van der Waals surface area contributed by atoms with Gasteiger partial charge in [-0.05, 0) is 98.5 Å². The number of nitrogens with two attached hydrogens (primary N) is 1. The first-order valence-electron chi connectivity index (χ1n) is 18.8. The summed E-state index contributed by atoms with van der Waals surface area (Å²) in [6.45, 7) is 8.42. The summed E-state index contributed by atoms with van der Waals surface area (Å²) in [5.74, 6) is -13.4. The van der Waals surface area contributed by atoms with E-state index in [1.165, 1.54) is 0 Å². The highest BCUT2D eigenvalue weighted by Crippen LogP contribution is 2.53. The first-order chi connectivity index (χ1) is 27.5. The fraction of sp³-hybridized carbons (Fsp3) is 0.318. The lowest BCUT2D eigenvalue weighted by atomic mass is 9.61. The number of phenols is 4. The van der Waals surface area contributed by atoms with E-state index in [4.69, 9.17) is 5.73 Å². The van der Waals surface area contributed by atoms with Crippen molar-refractivity contribution in [1.29, 1.82) is 0 Å². The summed E-state index contributed by atoms with van der Waals surface area (Å²) in [6.07, 6.45) is -0.702. The van der Waals surface area contributed by atoms with E-state index >= 15 is 0 Å². The number of Topliss-reactive ketones (excluding diaryl/α,β-unsaturated/α-hetero) is 5. The van der Waals surface area contributed by atoms with Crippen LogP contribution in [-0.4, -0.2) is 98.8 Å². The van der Waals surface area contributed by atoms with E-state index in [1.54, 1.807) is 52.0 Å². The number of phenolic OH excluding ortho intramolecular Hbond substituents is 4. The number of hydrogen-bond acceptors (Lipinski definition) is 15. The Labute approximate surface area is 335 Å². The molecule has 4 aromatic rings. The van der Waals surface area contributed by atoms with Crippen LogP contribution < -0.4 is 5.73 Å². The van der Waals surface area contributed by atoms with Crippen LogP contribution in [0.5, 0.6) is 23.0 Å². The van der Waals surface area contributed by atoms with Crippen LogP contribution in [0.4, 0.5) is 0 Å². The van der Waals surface area contributed by atoms with Crippen molar-refractivity contribution < 1.29 is 64.8 Å². The number of ketones is 5. The van der Waals surface area contributed by atoms with Crippen molar-refractivity contribution >= 4 is 56.2 Å². The van der Waals surface area contributed by atoms with Gasteiger partial charge in [-0.2, -0.15) is 0 Å². The second-order valence-electron chi connectivity index (χ2n) is 16.2. The Morgan fingerprint density at radius 2 is 1.07 bits per heavy atom. The third-order valence-corrected chi connectivity index (χ3v) is 13.2. The molecule has 4 aliphatic rings. The largest absolute Gasteiger partial charge is 0.508 e. The number of nitrogens with zero attached hydrogens (tertiary/aromatic N) is 1. The molecule has 15 nitrogen and oxygen atoms in total. The summed E-state index contributed by atoms with van der Waals surface area (Å²) in [5.41, 5.74) is -0.745. The van der Waals surface area contributed by atoms with Crippen molar-refractivity contribution in [2.24, 2.45) is 22.6 Å². The number of rotatable bonds is 3. The van der Waals surface area contributed by atoms with E-state index in [0.717, 1.165) is 13.8 Å². The van der Waals surface area contributed by atoms with Gasteiger partial charge in [-0.15, -0.1) is 0 Å². The van der Waals surface area contributed by atoms with E-state index in [0.29, 0.717) is 33.0 Å². The number of aliphatic hydroxyl groups excluding tert-OH is 2. The highest BCUT2D eigenvalue weighted by Gasteiger charge is 2.63. The number of benzene rings is 4. The second-order valence-corrected chi connectivity index (χ2v) is 16.2. The molecule has 8 rings (SSSR count). The first kappa shape index (κ1) is 39.4. The zero-order valence-corrected chi connectivity index (χ0v) is 32.7. The topological polar surface area (TPSA) is 286 Å². The average molecular weight is 805 g/mol. The number of hydrogen-bond donors (Lipinski definition) is 9. The van der Waals surface area contributed by atoms with Crippen molar-refractivity contribution in [3.63, 3.8) is 0 Å².